The van der Waals surface area contributed by atoms with Crippen LogP contribution >= 0.6 is 0 Å². The summed E-state index contributed by atoms with van der Waals surface area (Å²) in [7, 11) is 1.70. The number of amides is 2. The minimum atomic E-state index is -0.668. The van der Waals surface area contributed by atoms with Gasteiger partial charge in [-0.2, -0.15) is 0 Å². The van der Waals surface area contributed by atoms with Gasteiger partial charge in [0.15, 0.2) is 0 Å². The lowest BCUT2D eigenvalue weighted by Crippen LogP contribution is -2.44. The standard InChI is InChI=1S/C23H23N3O3.H2/c1-3-4-5-15-6-8-16(9-7-15)17-10-11-18-20(14-17)25(2)23(29)26(18)19-12-13-21(27)24-22(19)28;/h3,6-11,14,19H,1,4-5,12-13H2,2H3,(H,24,27,28);1H. The molecule has 4 rings (SSSR count). The molecule has 1 saturated heterocycles. The molecule has 1 N–H and O–H groups in total. The molecule has 2 heterocycles. The average molecular weight is 391 g/mol. The summed E-state index contributed by atoms with van der Waals surface area (Å²) in [5.74, 6) is -0.714. The van der Waals surface area contributed by atoms with Crippen LogP contribution in [-0.2, 0) is 23.1 Å². The number of hydrogen-bond donors (Lipinski definition) is 1. The Hall–Kier alpha value is -3.41. The number of carbonyl (C=O) groups is 2. The van der Waals surface area contributed by atoms with E-state index in [0.717, 1.165) is 29.5 Å². The third-order valence-corrected chi connectivity index (χ3v) is 5.54. The van der Waals surface area contributed by atoms with Gasteiger partial charge in [-0.3, -0.25) is 24.0 Å². The Bertz CT molecular complexity index is 1170. The highest BCUT2D eigenvalue weighted by atomic mass is 16.2. The fourth-order valence-corrected chi connectivity index (χ4v) is 3.91. The Morgan fingerprint density at radius 1 is 1.10 bits per heavy atom. The van der Waals surface area contributed by atoms with Gasteiger partial charge < -0.3 is 0 Å². The Morgan fingerprint density at radius 3 is 2.52 bits per heavy atom. The summed E-state index contributed by atoms with van der Waals surface area (Å²) in [6, 6.07) is 13.5. The summed E-state index contributed by atoms with van der Waals surface area (Å²) < 4.78 is 3.06. The maximum Gasteiger partial charge on any atom is 0.329 e. The molecule has 1 atom stereocenters. The zero-order valence-electron chi connectivity index (χ0n) is 16.4. The van der Waals surface area contributed by atoms with Crippen LogP contribution in [0, 0.1) is 0 Å². The Labute approximate surface area is 169 Å². The van der Waals surface area contributed by atoms with Gasteiger partial charge in [0.25, 0.3) is 0 Å². The smallest absolute Gasteiger partial charge is 0.295 e. The lowest BCUT2D eigenvalue weighted by molar-refractivity contribution is -0.135. The first-order valence-corrected chi connectivity index (χ1v) is 9.74. The van der Waals surface area contributed by atoms with E-state index in [1.165, 1.54) is 10.1 Å². The summed E-state index contributed by atoms with van der Waals surface area (Å²) in [6.07, 6.45) is 4.38. The van der Waals surface area contributed by atoms with E-state index in [4.69, 9.17) is 0 Å². The molecule has 6 nitrogen and oxygen atoms in total. The van der Waals surface area contributed by atoms with Crippen molar-refractivity contribution < 1.29 is 11.0 Å². The highest BCUT2D eigenvalue weighted by Gasteiger charge is 2.31. The number of fused-ring (bicyclic) bond motifs is 1. The molecule has 2 aromatic carbocycles. The first kappa shape index (κ1) is 18.9. The summed E-state index contributed by atoms with van der Waals surface area (Å²) in [4.78, 5) is 36.6. The molecule has 1 aromatic heterocycles. The second kappa shape index (κ2) is 7.54. The van der Waals surface area contributed by atoms with Crippen molar-refractivity contribution in [3.05, 3.63) is 71.2 Å². The van der Waals surface area contributed by atoms with Crippen LogP contribution in [0.3, 0.4) is 0 Å². The SMILES string of the molecule is C=CCCc1ccc(-c2ccc3c(c2)n(C)c(=O)n3C2CCC(=O)NC2=O)cc1.[HH]. The van der Waals surface area contributed by atoms with E-state index in [1.54, 1.807) is 11.6 Å². The molecule has 1 aliphatic heterocycles. The second-order valence-corrected chi connectivity index (χ2v) is 7.41. The number of nitrogens with one attached hydrogen (secondary N) is 1. The second-order valence-electron chi connectivity index (χ2n) is 7.41. The Morgan fingerprint density at radius 2 is 1.83 bits per heavy atom. The number of imide groups is 1. The molecule has 0 bridgehead atoms. The molecule has 1 fully saturated rings. The van der Waals surface area contributed by atoms with Crippen LogP contribution in [-0.4, -0.2) is 20.9 Å². The van der Waals surface area contributed by atoms with Gasteiger partial charge in [-0.1, -0.05) is 36.4 Å². The molecule has 1 aliphatic rings. The monoisotopic (exact) mass is 391 g/mol. The maximum atomic E-state index is 12.9. The number of imidazole rings is 1. The van der Waals surface area contributed by atoms with Crippen LogP contribution in [0.2, 0.25) is 0 Å². The average Bonchev–Trinajstić information content (AvgIpc) is 2.97. The summed E-state index contributed by atoms with van der Waals surface area (Å²) in [5, 5.41) is 2.33. The number of rotatable bonds is 5. The summed E-state index contributed by atoms with van der Waals surface area (Å²) in [5.41, 5.74) is 4.52. The van der Waals surface area contributed by atoms with Gasteiger partial charge >= 0.3 is 5.69 Å². The van der Waals surface area contributed by atoms with Crippen molar-refractivity contribution >= 4 is 22.8 Å². The summed E-state index contributed by atoms with van der Waals surface area (Å²) in [6.45, 7) is 3.76. The fraction of sp³-hybridized carbons (Fsp3) is 0.261. The minimum Gasteiger partial charge on any atom is -0.295 e. The molecule has 2 amide bonds. The van der Waals surface area contributed by atoms with Crippen molar-refractivity contribution in [3.63, 3.8) is 0 Å². The van der Waals surface area contributed by atoms with Crippen molar-refractivity contribution in [3.8, 4) is 11.1 Å². The van der Waals surface area contributed by atoms with Crippen LogP contribution < -0.4 is 11.0 Å². The van der Waals surface area contributed by atoms with Crippen molar-refractivity contribution in [2.24, 2.45) is 7.05 Å². The molecule has 0 aliphatic carbocycles. The van der Waals surface area contributed by atoms with Crippen molar-refractivity contribution in [2.45, 2.75) is 31.7 Å². The van der Waals surface area contributed by atoms with E-state index in [9.17, 15) is 14.4 Å². The van der Waals surface area contributed by atoms with Gasteiger partial charge in [0, 0.05) is 14.9 Å². The maximum absolute atomic E-state index is 12.9. The van der Waals surface area contributed by atoms with Crippen LogP contribution in [0.1, 0.15) is 32.3 Å². The number of nitrogens with zero attached hydrogens (tertiary/aromatic N) is 2. The van der Waals surface area contributed by atoms with Crippen molar-refractivity contribution in [1.82, 2.24) is 14.5 Å². The van der Waals surface area contributed by atoms with E-state index in [0.29, 0.717) is 11.9 Å². The van der Waals surface area contributed by atoms with Gasteiger partial charge in [-0.05, 0) is 48.1 Å². The normalized spacial score (nSPS) is 16.8. The van der Waals surface area contributed by atoms with Crippen LogP contribution in [0.5, 0.6) is 0 Å². The topological polar surface area (TPSA) is 73.1 Å². The van der Waals surface area contributed by atoms with Crippen LogP contribution in [0.25, 0.3) is 22.2 Å². The molecular weight excluding hydrogens is 366 g/mol. The molecule has 0 radical (unpaired) electrons. The van der Waals surface area contributed by atoms with E-state index in [1.807, 2.05) is 24.3 Å². The lowest BCUT2D eigenvalue weighted by atomic mass is 10.0. The van der Waals surface area contributed by atoms with Gasteiger partial charge in [-0.25, -0.2) is 4.79 Å². The van der Waals surface area contributed by atoms with Gasteiger partial charge in [0.1, 0.15) is 6.04 Å². The highest BCUT2D eigenvalue weighted by molar-refractivity contribution is 6.00. The quantitative estimate of drug-likeness (QED) is 0.535. The van der Waals surface area contributed by atoms with E-state index in [-0.39, 0.29) is 19.4 Å². The molecule has 3 aromatic rings. The van der Waals surface area contributed by atoms with E-state index >= 15 is 0 Å². The van der Waals surface area contributed by atoms with Gasteiger partial charge in [0.05, 0.1) is 11.0 Å². The number of piperidine rings is 1. The zero-order chi connectivity index (χ0) is 20.5. The number of aryl methyl sites for hydroxylation is 2. The zero-order valence-corrected chi connectivity index (χ0v) is 16.4. The van der Waals surface area contributed by atoms with Gasteiger partial charge in [0.2, 0.25) is 11.8 Å². The molecule has 150 valence electrons. The number of carbonyl (C=O) groups excluding carboxylic acids is 2. The Balaban J connectivity index is 0.00000256. The molecule has 0 saturated carbocycles. The van der Waals surface area contributed by atoms with Crippen LogP contribution in [0.15, 0.2) is 59.9 Å². The van der Waals surface area contributed by atoms with E-state index < -0.39 is 11.9 Å². The Kier molecular flexibility index (Phi) is 4.92. The number of hydrogen-bond acceptors (Lipinski definition) is 3. The minimum absolute atomic E-state index is 0. The molecule has 0 spiro atoms. The third kappa shape index (κ3) is 3.42. The fourth-order valence-electron chi connectivity index (χ4n) is 3.91. The molecule has 6 heteroatoms. The summed E-state index contributed by atoms with van der Waals surface area (Å²) >= 11 is 0. The first-order valence-electron chi connectivity index (χ1n) is 9.74. The predicted octanol–water partition coefficient (Wildman–Crippen LogP) is 3.35. The van der Waals surface area contributed by atoms with Crippen molar-refractivity contribution in [2.75, 3.05) is 0 Å². The first-order chi connectivity index (χ1) is 14.0. The molecule has 29 heavy (non-hydrogen) atoms. The van der Waals surface area contributed by atoms with Gasteiger partial charge in [-0.15, -0.1) is 6.58 Å². The number of aromatic nitrogens is 2. The van der Waals surface area contributed by atoms with Crippen LogP contribution in [0.4, 0.5) is 0 Å². The number of benzene rings is 2. The highest BCUT2D eigenvalue weighted by Crippen LogP contribution is 2.27. The van der Waals surface area contributed by atoms with Crippen molar-refractivity contribution in [1.29, 1.82) is 0 Å². The van der Waals surface area contributed by atoms with E-state index in [2.05, 4.69) is 36.2 Å². The molecule has 1 unspecified atom stereocenters. The lowest BCUT2D eigenvalue weighted by Gasteiger charge is -2.21. The largest absolute Gasteiger partial charge is 0.329 e. The molecular formula is C23H25N3O3. The predicted molar refractivity (Wildman–Crippen MR) is 115 cm³/mol. The number of allylic oxidation sites excluding steroid dienone is 1. The third-order valence-electron chi connectivity index (χ3n) is 5.54.